The van der Waals surface area contributed by atoms with Gasteiger partial charge in [0.1, 0.15) is 5.75 Å². The molecular formula is C16H10N2O2S. The Morgan fingerprint density at radius 2 is 2.00 bits per heavy atom. The predicted octanol–water partition coefficient (Wildman–Crippen LogP) is 2.16. The zero-order chi connectivity index (χ0) is 14.4. The van der Waals surface area contributed by atoms with Gasteiger partial charge in [-0.2, -0.15) is 0 Å². The van der Waals surface area contributed by atoms with E-state index in [1.54, 1.807) is 28.7 Å². The Morgan fingerprint density at radius 1 is 1.14 bits per heavy atom. The summed E-state index contributed by atoms with van der Waals surface area (Å²) in [6.07, 6.45) is 1.77. The van der Waals surface area contributed by atoms with Crippen LogP contribution in [0.4, 0.5) is 0 Å². The minimum atomic E-state index is -0.0768. The van der Waals surface area contributed by atoms with Crippen LogP contribution >= 0.6 is 11.3 Å². The number of rotatable bonds is 1. The van der Waals surface area contributed by atoms with Crippen molar-refractivity contribution in [3.63, 3.8) is 0 Å². The van der Waals surface area contributed by atoms with E-state index >= 15 is 0 Å². The SMILES string of the molecule is O=c1/c(=C/c2cccc(O)c2)sc2nc3ccccc3n12. The van der Waals surface area contributed by atoms with E-state index in [-0.39, 0.29) is 11.3 Å². The number of fused-ring (bicyclic) bond motifs is 3. The van der Waals surface area contributed by atoms with Crippen LogP contribution in [0.3, 0.4) is 0 Å². The van der Waals surface area contributed by atoms with Crippen molar-refractivity contribution in [2.75, 3.05) is 0 Å². The summed E-state index contributed by atoms with van der Waals surface area (Å²) >= 11 is 1.35. The molecule has 1 N–H and O–H groups in total. The Labute approximate surface area is 123 Å². The lowest BCUT2D eigenvalue weighted by Gasteiger charge is -1.92. The molecule has 0 fully saturated rings. The normalized spacial score (nSPS) is 12.5. The third-order valence-corrected chi connectivity index (χ3v) is 4.28. The second kappa shape index (κ2) is 4.43. The van der Waals surface area contributed by atoms with Crippen LogP contribution in [-0.2, 0) is 0 Å². The maximum atomic E-state index is 12.5. The van der Waals surface area contributed by atoms with Gasteiger partial charge in [0.05, 0.1) is 15.6 Å². The van der Waals surface area contributed by atoms with Crippen LogP contribution in [0.25, 0.3) is 22.1 Å². The smallest absolute Gasteiger partial charge is 0.274 e. The van der Waals surface area contributed by atoms with Crippen molar-refractivity contribution in [2.24, 2.45) is 0 Å². The summed E-state index contributed by atoms with van der Waals surface area (Å²) in [5.74, 6) is 0.183. The number of aromatic nitrogens is 2. The molecule has 2 aromatic carbocycles. The van der Waals surface area contributed by atoms with E-state index in [4.69, 9.17) is 0 Å². The van der Waals surface area contributed by atoms with E-state index < -0.39 is 0 Å². The molecule has 0 unspecified atom stereocenters. The first-order chi connectivity index (χ1) is 10.2. The lowest BCUT2D eigenvalue weighted by atomic mass is 10.2. The number of hydrogen-bond acceptors (Lipinski definition) is 4. The zero-order valence-electron chi connectivity index (χ0n) is 10.9. The number of phenolic OH excluding ortho intramolecular Hbond substituents is 1. The van der Waals surface area contributed by atoms with Gasteiger partial charge in [-0.1, -0.05) is 35.6 Å². The zero-order valence-corrected chi connectivity index (χ0v) is 11.7. The standard InChI is InChI=1S/C16H10N2O2S/c19-11-5-3-4-10(8-11)9-14-15(20)18-13-7-2-1-6-12(13)17-16(18)21-14/h1-9,19H/b14-9-. The molecule has 0 atom stereocenters. The highest BCUT2D eigenvalue weighted by Crippen LogP contribution is 2.16. The minimum absolute atomic E-state index is 0.0768. The Hall–Kier alpha value is -2.66. The van der Waals surface area contributed by atoms with Crippen LogP contribution in [0.1, 0.15) is 5.56 Å². The van der Waals surface area contributed by atoms with Gasteiger partial charge in [-0.05, 0) is 35.9 Å². The van der Waals surface area contributed by atoms with E-state index in [0.29, 0.717) is 9.49 Å². The third kappa shape index (κ3) is 1.90. The molecule has 0 aliphatic rings. The molecular weight excluding hydrogens is 284 g/mol. The van der Waals surface area contributed by atoms with Crippen LogP contribution < -0.4 is 10.1 Å². The highest BCUT2D eigenvalue weighted by atomic mass is 32.1. The van der Waals surface area contributed by atoms with Crippen molar-refractivity contribution in [1.82, 2.24) is 9.38 Å². The number of para-hydroxylation sites is 2. The Bertz CT molecular complexity index is 1080. The molecule has 0 aliphatic carbocycles. The molecule has 0 saturated heterocycles. The molecule has 0 radical (unpaired) electrons. The summed E-state index contributed by atoms with van der Waals surface area (Å²) < 4.78 is 2.24. The fourth-order valence-corrected chi connectivity index (χ4v) is 3.36. The Balaban J connectivity index is 2.03. The molecule has 4 aromatic rings. The molecule has 5 heteroatoms. The number of benzene rings is 2. The molecule has 2 aromatic heterocycles. The second-order valence-corrected chi connectivity index (χ2v) is 5.74. The van der Waals surface area contributed by atoms with Gasteiger partial charge in [0.2, 0.25) is 0 Å². The number of thiazole rings is 1. The monoisotopic (exact) mass is 294 g/mol. The van der Waals surface area contributed by atoms with Crippen molar-refractivity contribution in [3.05, 3.63) is 69.0 Å². The molecule has 102 valence electrons. The number of imidazole rings is 1. The van der Waals surface area contributed by atoms with E-state index in [2.05, 4.69) is 4.98 Å². The van der Waals surface area contributed by atoms with Crippen molar-refractivity contribution in [2.45, 2.75) is 0 Å². The van der Waals surface area contributed by atoms with E-state index in [1.165, 1.54) is 11.3 Å². The van der Waals surface area contributed by atoms with Gasteiger partial charge in [-0.15, -0.1) is 0 Å². The molecule has 4 nitrogen and oxygen atoms in total. The van der Waals surface area contributed by atoms with Crippen molar-refractivity contribution < 1.29 is 5.11 Å². The molecule has 0 spiro atoms. The third-order valence-electron chi connectivity index (χ3n) is 3.31. The second-order valence-electron chi connectivity index (χ2n) is 4.73. The molecule has 0 aliphatic heterocycles. The van der Waals surface area contributed by atoms with Gasteiger partial charge in [0.15, 0.2) is 4.96 Å². The summed E-state index contributed by atoms with van der Waals surface area (Å²) in [6, 6.07) is 14.4. The summed E-state index contributed by atoms with van der Waals surface area (Å²) in [5.41, 5.74) is 2.36. The van der Waals surface area contributed by atoms with Gasteiger partial charge in [-0.25, -0.2) is 9.38 Å². The van der Waals surface area contributed by atoms with Gasteiger partial charge in [0, 0.05) is 0 Å². The first kappa shape index (κ1) is 12.1. The van der Waals surface area contributed by atoms with Crippen LogP contribution in [0.5, 0.6) is 5.75 Å². The number of hydrogen-bond donors (Lipinski definition) is 1. The molecule has 4 rings (SSSR count). The van der Waals surface area contributed by atoms with Crippen LogP contribution in [-0.4, -0.2) is 14.5 Å². The van der Waals surface area contributed by atoms with Crippen LogP contribution in [0, 0.1) is 0 Å². The van der Waals surface area contributed by atoms with Gasteiger partial charge in [0.25, 0.3) is 5.56 Å². The first-order valence-electron chi connectivity index (χ1n) is 6.43. The maximum Gasteiger partial charge on any atom is 0.274 e. The minimum Gasteiger partial charge on any atom is -0.508 e. The van der Waals surface area contributed by atoms with Crippen molar-refractivity contribution in [3.8, 4) is 5.75 Å². The molecule has 0 saturated carbocycles. The van der Waals surface area contributed by atoms with Gasteiger partial charge >= 0.3 is 0 Å². The topological polar surface area (TPSA) is 54.6 Å². The summed E-state index contributed by atoms with van der Waals surface area (Å²) in [5, 5.41) is 9.49. The Morgan fingerprint density at radius 3 is 2.86 bits per heavy atom. The van der Waals surface area contributed by atoms with E-state index in [1.807, 2.05) is 30.3 Å². The molecule has 0 bridgehead atoms. The quantitative estimate of drug-likeness (QED) is 0.585. The van der Waals surface area contributed by atoms with Crippen molar-refractivity contribution >= 4 is 33.4 Å². The van der Waals surface area contributed by atoms with Gasteiger partial charge < -0.3 is 5.11 Å². The van der Waals surface area contributed by atoms with Crippen molar-refractivity contribution in [1.29, 1.82) is 0 Å². The molecule has 2 heterocycles. The highest BCUT2D eigenvalue weighted by molar-refractivity contribution is 7.15. The maximum absolute atomic E-state index is 12.5. The van der Waals surface area contributed by atoms with Gasteiger partial charge in [-0.3, -0.25) is 4.79 Å². The average Bonchev–Trinajstić information content (AvgIpc) is 2.97. The van der Waals surface area contributed by atoms with Crippen LogP contribution in [0.15, 0.2) is 53.3 Å². The Kier molecular flexibility index (Phi) is 2.55. The first-order valence-corrected chi connectivity index (χ1v) is 7.25. The van der Waals surface area contributed by atoms with E-state index in [9.17, 15) is 9.90 Å². The number of aromatic hydroxyl groups is 1. The summed E-state index contributed by atoms with van der Waals surface area (Å²) in [4.78, 5) is 17.7. The fourth-order valence-electron chi connectivity index (χ4n) is 2.38. The molecule has 0 amide bonds. The molecule has 21 heavy (non-hydrogen) atoms. The summed E-state index contributed by atoms with van der Waals surface area (Å²) in [7, 11) is 0. The van der Waals surface area contributed by atoms with E-state index in [0.717, 1.165) is 16.6 Å². The van der Waals surface area contributed by atoms with Crippen LogP contribution in [0.2, 0.25) is 0 Å². The largest absolute Gasteiger partial charge is 0.508 e. The average molecular weight is 294 g/mol. The highest BCUT2D eigenvalue weighted by Gasteiger charge is 2.10. The number of phenols is 1. The number of nitrogens with zero attached hydrogens (tertiary/aromatic N) is 2. The summed E-state index contributed by atoms with van der Waals surface area (Å²) in [6.45, 7) is 0. The predicted molar refractivity (Wildman–Crippen MR) is 83.7 cm³/mol. The fraction of sp³-hybridized carbons (Fsp3) is 0. The lowest BCUT2D eigenvalue weighted by molar-refractivity contribution is 0.475. The lowest BCUT2D eigenvalue weighted by Crippen LogP contribution is -2.22.